The topological polar surface area (TPSA) is 12.9 Å². The Morgan fingerprint density at radius 2 is 2.43 bits per heavy atom. The predicted molar refractivity (Wildman–Crippen MR) is 29.6 cm³/mol. The Labute approximate surface area is 60.2 Å². The zero-order chi connectivity index (χ0) is 5.11. The Bertz CT molecular complexity index is 138. The summed E-state index contributed by atoms with van der Waals surface area (Å²) in [6, 6.07) is 4.04. The number of rotatable bonds is 0. The van der Waals surface area contributed by atoms with Crippen LogP contribution >= 0.6 is 0 Å². The molecule has 7 heavy (non-hydrogen) atoms. The molecule has 0 atom stereocenters. The van der Waals surface area contributed by atoms with Crippen molar-refractivity contribution < 1.29 is 0 Å². The minimum atomic E-state index is 1.11. The number of hydrogen-bond acceptors (Lipinski definition) is 1. The number of hydrogen-bond donors (Lipinski definition) is 0. The van der Waals surface area contributed by atoms with Crippen molar-refractivity contribution in [3.63, 3.8) is 0 Å². The molecule has 0 spiro atoms. The summed E-state index contributed by atoms with van der Waals surface area (Å²) < 4.78 is 1.35. The second kappa shape index (κ2) is 2.46. The summed E-state index contributed by atoms with van der Waals surface area (Å²) in [5.41, 5.74) is 0. The summed E-state index contributed by atoms with van der Waals surface area (Å²) in [5, 5.41) is 0. The van der Waals surface area contributed by atoms with Gasteiger partial charge in [0.25, 0.3) is 0 Å². The van der Waals surface area contributed by atoms with E-state index in [-0.39, 0.29) is 0 Å². The van der Waals surface area contributed by atoms with Crippen LogP contribution in [-0.4, -0.2) is 32.9 Å². The quantitative estimate of drug-likeness (QED) is 0.415. The molecule has 30 valence electrons. The third-order valence-electron chi connectivity index (χ3n) is 0.809. The van der Waals surface area contributed by atoms with Gasteiger partial charge >= 0.3 is 60.3 Å². The molecule has 0 fully saturated rings. The van der Waals surface area contributed by atoms with Crippen molar-refractivity contribution in [3.8, 4) is 0 Å². The molecule has 1 heterocycles. The minimum absolute atomic E-state index is 1.11. The van der Waals surface area contributed by atoms with Crippen molar-refractivity contribution in [2.45, 2.75) is 0 Å². The molecule has 0 saturated carbocycles. The predicted octanol–water partition coefficient (Wildman–Crippen LogP) is -0.125. The molecule has 0 aromatic carbocycles. The van der Waals surface area contributed by atoms with Crippen LogP contribution in [0.15, 0.2) is 24.5 Å². The van der Waals surface area contributed by atoms with Crippen LogP contribution in [0.5, 0.6) is 0 Å². The standard InChI is InChI=1S/C5H4N.Na/c1-2-4-6-5-3-1;/h1-2,4-5H;. The molecule has 0 saturated heterocycles. The average molecular weight is 101 g/mol. The Balaban J connectivity index is 3.02. The van der Waals surface area contributed by atoms with Gasteiger partial charge in [0, 0.05) is 0 Å². The van der Waals surface area contributed by atoms with Gasteiger partial charge in [0.2, 0.25) is 0 Å². The zero-order valence-corrected chi connectivity index (χ0v) is 6.26. The third kappa shape index (κ3) is 1.59. The van der Waals surface area contributed by atoms with Gasteiger partial charge in [-0.2, -0.15) is 0 Å². The van der Waals surface area contributed by atoms with E-state index in [0.717, 1.165) is 27.9 Å². The molecule has 0 aliphatic heterocycles. The molecule has 0 unspecified atom stereocenters. The first-order valence-corrected chi connectivity index (χ1v) is 3.26. The Morgan fingerprint density at radius 1 is 1.57 bits per heavy atom. The van der Waals surface area contributed by atoms with E-state index in [0.29, 0.717) is 0 Å². The first kappa shape index (κ1) is 5.29. The van der Waals surface area contributed by atoms with E-state index in [2.05, 4.69) is 11.1 Å². The first-order valence-electron chi connectivity index (χ1n) is 2.26. The van der Waals surface area contributed by atoms with Crippen LogP contribution in [0.4, 0.5) is 0 Å². The number of pyridine rings is 1. The van der Waals surface area contributed by atoms with E-state index in [1.165, 1.54) is 2.81 Å². The fourth-order valence-electron chi connectivity index (χ4n) is 0.448. The molecular weight excluding hydrogens is 97.1 g/mol. The summed E-state index contributed by atoms with van der Waals surface area (Å²) in [6.45, 7) is 0. The molecule has 1 aromatic rings. The molecular formula is C5H4NNa. The van der Waals surface area contributed by atoms with Crippen LogP contribution in [0.3, 0.4) is 0 Å². The second-order valence-corrected chi connectivity index (χ2v) is 2.69. The summed E-state index contributed by atoms with van der Waals surface area (Å²) in [4.78, 5) is 3.92. The zero-order valence-electron chi connectivity index (χ0n) is 4.26. The van der Waals surface area contributed by atoms with E-state index < -0.39 is 0 Å². The van der Waals surface area contributed by atoms with Gasteiger partial charge in [0.15, 0.2) is 0 Å². The van der Waals surface area contributed by atoms with Crippen LogP contribution in [0.25, 0.3) is 0 Å². The second-order valence-electron chi connectivity index (χ2n) is 1.53. The van der Waals surface area contributed by atoms with Crippen molar-refractivity contribution in [1.29, 1.82) is 0 Å². The SMILES string of the molecule is [Na][c]1cccnc1. The molecule has 1 aromatic heterocycles. The van der Waals surface area contributed by atoms with Crippen LogP contribution in [0.1, 0.15) is 0 Å². The van der Waals surface area contributed by atoms with Crippen molar-refractivity contribution in [2.24, 2.45) is 0 Å². The molecule has 1 nitrogen and oxygen atoms in total. The van der Waals surface area contributed by atoms with E-state index in [1.54, 1.807) is 6.20 Å². The third-order valence-corrected chi connectivity index (χ3v) is 1.40. The van der Waals surface area contributed by atoms with Crippen molar-refractivity contribution in [1.82, 2.24) is 4.98 Å². The van der Waals surface area contributed by atoms with Gasteiger partial charge in [-0.25, -0.2) is 0 Å². The van der Waals surface area contributed by atoms with Gasteiger partial charge in [-0.1, -0.05) is 0 Å². The molecule has 0 bridgehead atoms. The molecule has 0 radical (unpaired) electrons. The monoisotopic (exact) mass is 101 g/mol. The van der Waals surface area contributed by atoms with E-state index >= 15 is 0 Å². The Morgan fingerprint density at radius 3 is 2.71 bits per heavy atom. The molecule has 0 amide bonds. The normalized spacial score (nSPS) is 8.86. The molecule has 0 aliphatic carbocycles. The van der Waals surface area contributed by atoms with Crippen LogP contribution in [-0.2, 0) is 0 Å². The maximum absolute atomic E-state index is 3.92. The fourth-order valence-corrected chi connectivity index (χ4v) is 0.790. The van der Waals surface area contributed by atoms with E-state index in [9.17, 15) is 0 Å². The summed E-state index contributed by atoms with van der Waals surface area (Å²) in [7, 11) is 0. The van der Waals surface area contributed by atoms with Crippen LogP contribution < -0.4 is 2.81 Å². The fraction of sp³-hybridized carbons (Fsp3) is 0. The van der Waals surface area contributed by atoms with Gasteiger partial charge in [-0.05, 0) is 0 Å². The van der Waals surface area contributed by atoms with E-state index in [1.807, 2.05) is 12.3 Å². The average Bonchev–Trinajstić information content (AvgIpc) is 1.69. The molecule has 2 heteroatoms. The van der Waals surface area contributed by atoms with Crippen LogP contribution in [0.2, 0.25) is 0 Å². The molecule has 0 N–H and O–H groups in total. The van der Waals surface area contributed by atoms with Crippen molar-refractivity contribution >= 4 is 30.7 Å². The van der Waals surface area contributed by atoms with Gasteiger partial charge in [-0.15, -0.1) is 0 Å². The van der Waals surface area contributed by atoms with Gasteiger partial charge < -0.3 is 0 Å². The Hall–Kier alpha value is 0.150. The summed E-state index contributed by atoms with van der Waals surface area (Å²) >= 11 is 1.11. The van der Waals surface area contributed by atoms with Gasteiger partial charge in [0.1, 0.15) is 0 Å². The molecule has 1 rings (SSSR count). The molecule has 0 aliphatic rings. The van der Waals surface area contributed by atoms with Gasteiger partial charge in [0.05, 0.1) is 0 Å². The van der Waals surface area contributed by atoms with Crippen molar-refractivity contribution in [2.75, 3.05) is 0 Å². The summed E-state index contributed by atoms with van der Waals surface area (Å²) in [5.74, 6) is 0. The summed E-state index contributed by atoms with van der Waals surface area (Å²) in [6.07, 6.45) is 3.69. The van der Waals surface area contributed by atoms with Crippen LogP contribution in [0, 0.1) is 0 Å². The van der Waals surface area contributed by atoms with E-state index in [4.69, 9.17) is 0 Å². The first-order chi connectivity index (χ1) is 3.39. The van der Waals surface area contributed by atoms with Gasteiger partial charge in [-0.3, -0.25) is 0 Å². The maximum atomic E-state index is 3.92. The number of nitrogens with zero attached hydrogens (tertiary/aromatic N) is 1. The van der Waals surface area contributed by atoms with Crippen molar-refractivity contribution in [3.05, 3.63) is 24.5 Å². The number of aromatic nitrogens is 1. The Kier molecular flexibility index (Phi) is 1.86.